The molecule has 9 nitrogen and oxygen atoms in total. The maximum absolute atomic E-state index is 12.3. The first-order chi connectivity index (χ1) is 23.9. The number of hydrogen-bond donors (Lipinski definition) is 2. The molecule has 2 aromatic carbocycles. The van der Waals surface area contributed by atoms with Crippen LogP contribution in [0.3, 0.4) is 0 Å². The SMILES string of the molecule is C=CC(=O)NC(C)(C)C.CC(C)(C)N1CC1.CC(C)(C)OS(C)(=O)=O.CCCCOc1ccc(C(C)(C)c2ccc(OCC(O)C(F)(F)F)cc2)cc1. The normalized spacial score (nSPS) is 14.1. The lowest BCUT2D eigenvalue weighted by molar-refractivity contribution is -0.210. The lowest BCUT2D eigenvalue weighted by Gasteiger charge is -2.26. The second-order valence-corrected chi connectivity index (χ2v) is 17.8. The first-order valence-corrected chi connectivity index (χ1v) is 19.5. The van der Waals surface area contributed by atoms with E-state index in [0.29, 0.717) is 12.1 Å². The zero-order valence-electron chi connectivity index (χ0n) is 34.1. The van der Waals surface area contributed by atoms with Gasteiger partial charge in [-0.2, -0.15) is 21.6 Å². The first-order valence-electron chi connectivity index (χ1n) is 17.7. The average molecular weight is 775 g/mol. The number of rotatable bonds is 11. The number of carbonyl (C=O) groups excluding carboxylic acids is 1. The standard InChI is InChI=1S/C22H27F3O3.C7H13NO.C6H13N.C5H12O3S/c1-4-5-14-27-18-10-6-16(7-11-18)21(2,3)17-8-12-19(13-9-17)28-15-20(26)22(23,24)25;1-5-6(9)8-7(2,3)4;1-6(2,3)7-4-5-7;1-5(2,3)8-9(4,6)7/h6-13,20,26H,4-5,14-15H2,1-3H3;5H,1H2,2-4H3,(H,8,9);4-5H2,1-3H3;1-4H3. The molecule has 1 aliphatic heterocycles. The third-order valence-electron chi connectivity index (χ3n) is 7.19. The van der Waals surface area contributed by atoms with Crippen LogP contribution in [0.1, 0.15) is 107 Å². The number of halogens is 3. The van der Waals surface area contributed by atoms with Crippen LogP contribution in [0.4, 0.5) is 13.2 Å². The van der Waals surface area contributed by atoms with Gasteiger partial charge in [0.05, 0.1) is 18.5 Å². The quantitative estimate of drug-likeness (QED) is 0.101. The van der Waals surface area contributed by atoms with Crippen molar-refractivity contribution in [2.24, 2.45) is 0 Å². The van der Waals surface area contributed by atoms with E-state index < -0.39 is 34.6 Å². The van der Waals surface area contributed by atoms with Gasteiger partial charge < -0.3 is 19.9 Å². The van der Waals surface area contributed by atoms with Crippen LogP contribution in [-0.4, -0.2) is 85.8 Å². The Bertz CT molecular complexity index is 1470. The molecular formula is C40H65F3N2O7S. The van der Waals surface area contributed by atoms with Crippen LogP contribution >= 0.6 is 0 Å². The number of ether oxygens (including phenoxy) is 2. The summed E-state index contributed by atoms with van der Waals surface area (Å²) in [5.41, 5.74) is 1.48. The van der Waals surface area contributed by atoms with E-state index >= 15 is 0 Å². The van der Waals surface area contributed by atoms with Crippen LogP contribution in [0.2, 0.25) is 0 Å². The number of nitrogens with zero attached hydrogens (tertiary/aromatic N) is 1. The van der Waals surface area contributed by atoms with E-state index in [1.165, 1.54) is 19.2 Å². The molecule has 304 valence electrons. The van der Waals surface area contributed by atoms with Gasteiger partial charge in [-0.1, -0.05) is 58.0 Å². The lowest BCUT2D eigenvalue weighted by atomic mass is 9.78. The average Bonchev–Trinajstić information content (AvgIpc) is 3.85. The Kier molecular flexibility index (Phi) is 19.8. The molecule has 0 aromatic heterocycles. The van der Waals surface area contributed by atoms with Crippen molar-refractivity contribution in [2.75, 3.05) is 32.6 Å². The molecule has 13 heteroatoms. The van der Waals surface area contributed by atoms with E-state index in [1.54, 1.807) is 32.9 Å². The van der Waals surface area contributed by atoms with Crippen LogP contribution in [0.15, 0.2) is 61.2 Å². The summed E-state index contributed by atoms with van der Waals surface area (Å²) in [6, 6.07) is 14.8. The molecule has 0 spiro atoms. The van der Waals surface area contributed by atoms with Crippen molar-refractivity contribution in [3.8, 4) is 11.5 Å². The molecule has 1 aliphatic rings. The Morgan fingerprint density at radius 3 is 1.55 bits per heavy atom. The van der Waals surface area contributed by atoms with Crippen molar-refractivity contribution < 1.29 is 45.1 Å². The van der Waals surface area contributed by atoms with Gasteiger partial charge in [-0.15, -0.1) is 0 Å². The Hall–Kier alpha value is -3.13. The van der Waals surface area contributed by atoms with Gasteiger partial charge in [-0.05, 0) is 110 Å². The number of alkyl halides is 3. The number of aliphatic hydroxyl groups excluding tert-OH is 1. The molecule has 53 heavy (non-hydrogen) atoms. The molecule has 0 bridgehead atoms. The molecule has 1 heterocycles. The van der Waals surface area contributed by atoms with Crippen molar-refractivity contribution in [1.82, 2.24) is 10.2 Å². The molecule has 1 fully saturated rings. The maximum atomic E-state index is 12.3. The Morgan fingerprint density at radius 1 is 0.868 bits per heavy atom. The molecule has 1 saturated heterocycles. The number of carbonyl (C=O) groups is 1. The van der Waals surface area contributed by atoms with Gasteiger partial charge >= 0.3 is 6.18 Å². The van der Waals surface area contributed by atoms with Crippen molar-refractivity contribution in [1.29, 1.82) is 0 Å². The van der Waals surface area contributed by atoms with Gasteiger partial charge in [-0.25, -0.2) is 0 Å². The highest BCUT2D eigenvalue weighted by Gasteiger charge is 2.38. The summed E-state index contributed by atoms with van der Waals surface area (Å²) in [7, 11) is -3.28. The van der Waals surface area contributed by atoms with Crippen molar-refractivity contribution in [2.45, 2.75) is 130 Å². The summed E-state index contributed by atoms with van der Waals surface area (Å²) < 4.78 is 73.2. The first kappa shape index (κ1) is 49.9. The summed E-state index contributed by atoms with van der Waals surface area (Å²) >= 11 is 0. The predicted molar refractivity (Wildman–Crippen MR) is 208 cm³/mol. The van der Waals surface area contributed by atoms with Crippen LogP contribution in [0.25, 0.3) is 0 Å². The van der Waals surface area contributed by atoms with Gasteiger partial charge in [0.25, 0.3) is 10.1 Å². The topological polar surface area (TPSA) is 114 Å². The lowest BCUT2D eigenvalue weighted by Crippen LogP contribution is -2.39. The zero-order valence-corrected chi connectivity index (χ0v) is 34.9. The number of hydrogen-bond acceptors (Lipinski definition) is 8. The summed E-state index contributed by atoms with van der Waals surface area (Å²) in [5.74, 6) is 0.991. The molecule has 2 aromatic rings. The maximum Gasteiger partial charge on any atom is 0.417 e. The number of benzene rings is 2. The molecule has 1 atom stereocenters. The third kappa shape index (κ3) is 24.0. The minimum Gasteiger partial charge on any atom is -0.494 e. The minimum absolute atomic E-state index is 0.123. The van der Waals surface area contributed by atoms with E-state index in [2.05, 4.69) is 62.5 Å². The molecule has 3 rings (SSSR count). The van der Waals surface area contributed by atoms with Crippen LogP contribution in [0.5, 0.6) is 11.5 Å². The zero-order chi connectivity index (χ0) is 41.5. The third-order valence-corrected chi connectivity index (χ3v) is 7.99. The number of nitrogens with one attached hydrogen (secondary N) is 1. The predicted octanol–water partition coefficient (Wildman–Crippen LogP) is 8.44. The van der Waals surface area contributed by atoms with E-state index in [9.17, 15) is 26.4 Å². The Labute approximate surface area is 317 Å². The largest absolute Gasteiger partial charge is 0.494 e. The number of amides is 1. The monoisotopic (exact) mass is 774 g/mol. The summed E-state index contributed by atoms with van der Waals surface area (Å²) in [5, 5.41) is 11.7. The Morgan fingerprint density at radius 2 is 1.30 bits per heavy atom. The molecule has 0 aliphatic carbocycles. The highest BCUT2D eigenvalue weighted by molar-refractivity contribution is 7.86. The molecule has 0 saturated carbocycles. The fourth-order valence-electron chi connectivity index (χ4n) is 4.30. The van der Waals surface area contributed by atoms with Crippen LogP contribution < -0.4 is 14.8 Å². The van der Waals surface area contributed by atoms with E-state index in [4.69, 9.17) is 14.6 Å². The number of aliphatic hydroxyl groups is 1. The summed E-state index contributed by atoms with van der Waals surface area (Å²) in [4.78, 5) is 13.0. The summed E-state index contributed by atoms with van der Waals surface area (Å²) in [6.45, 7) is 29.7. The second kappa shape index (κ2) is 21.1. The molecule has 0 radical (unpaired) electrons. The highest BCUT2D eigenvalue weighted by Crippen LogP contribution is 2.33. The number of unbranched alkanes of at least 4 members (excludes halogenated alkanes) is 1. The molecule has 1 unspecified atom stereocenters. The fraction of sp³-hybridized carbons (Fsp3) is 0.625. The minimum atomic E-state index is -4.69. The Balaban J connectivity index is 0.000000871. The smallest absolute Gasteiger partial charge is 0.417 e. The van der Waals surface area contributed by atoms with Crippen molar-refractivity contribution in [3.05, 3.63) is 72.3 Å². The fourth-order valence-corrected chi connectivity index (χ4v) is 5.21. The van der Waals surface area contributed by atoms with E-state index in [-0.39, 0.29) is 22.6 Å². The van der Waals surface area contributed by atoms with Gasteiger partial charge in [0.2, 0.25) is 5.91 Å². The van der Waals surface area contributed by atoms with Crippen LogP contribution in [-0.2, 0) is 24.5 Å². The van der Waals surface area contributed by atoms with E-state index in [1.807, 2.05) is 57.2 Å². The van der Waals surface area contributed by atoms with Crippen molar-refractivity contribution in [3.63, 3.8) is 0 Å². The second-order valence-electron chi connectivity index (χ2n) is 16.2. The van der Waals surface area contributed by atoms with Crippen molar-refractivity contribution >= 4 is 16.0 Å². The van der Waals surface area contributed by atoms with Crippen LogP contribution in [0, 0.1) is 0 Å². The van der Waals surface area contributed by atoms with Gasteiger partial charge in [0.15, 0.2) is 6.10 Å². The highest BCUT2D eigenvalue weighted by atomic mass is 32.2. The van der Waals surface area contributed by atoms with Gasteiger partial charge in [0, 0.05) is 29.6 Å². The molecular weight excluding hydrogens is 710 g/mol. The van der Waals surface area contributed by atoms with E-state index in [0.717, 1.165) is 36.0 Å². The summed E-state index contributed by atoms with van der Waals surface area (Å²) in [6.07, 6.45) is -2.78. The molecule has 2 N–H and O–H groups in total. The van der Waals surface area contributed by atoms with Gasteiger partial charge in [0.1, 0.15) is 18.1 Å². The molecule has 1 amide bonds. The van der Waals surface area contributed by atoms with Gasteiger partial charge in [-0.3, -0.25) is 13.9 Å².